The zero-order chi connectivity index (χ0) is 13.2. The number of nitriles is 1. The van der Waals surface area contributed by atoms with Gasteiger partial charge in [0.25, 0.3) is 0 Å². The van der Waals surface area contributed by atoms with Crippen LogP contribution in [0.5, 0.6) is 0 Å². The monoisotopic (exact) mass is 282 g/mol. The molecule has 0 unspecified atom stereocenters. The molecule has 0 amide bonds. The van der Waals surface area contributed by atoms with Crippen molar-refractivity contribution in [3.05, 3.63) is 17.7 Å². The molecular weight excluding hydrogens is 264 g/mol. The fraction of sp³-hybridized carbons (Fsp3) is 0.500. The van der Waals surface area contributed by atoms with Gasteiger partial charge < -0.3 is 10.6 Å². The second kappa shape index (κ2) is 8.95. The van der Waals surface area contributed by atoms with Gasteiger partial charge in [-0.15, -0.1) is 0 Å². The predicted molar refractivity (Wildman–Crippen MR) is 82.7 cm³/mol. The minimum atomic E-state index is 0.589. The number of aromatic nitrogens is 1. The lowest BCUT2D eigenvalue weighted by Crippen LogP contribution is -2.10. The Hall–Kier alpha value is -1.06. The molecule has 1 aromatic heterocycles. The average Bonchev–Trinajstić information content (AvgIpc) is 2.40. The van der Waals surface area contributed by atoms with Gasteiger partial charge >= 0.3 is 0 Å². The second-order valence-corrected chi connectivity index (χ2v) is 5.51. The van der Waals surface area contributed by atoms with E-state index in [1.54, 1.807) is 29.6 Å². The van der Waals surface area contributed by atoms with E-state index in [0.29, 0.717) is 11.4 Å². The Morgan fingerprint density at radius 2 is 1.83 bits per heavy atom. The molecule has 0 spiro atoms. The van der Waals surface area contributed by atoms with E-state index in [1.165, 1.54) is 0 Å². The number of hydrogen-bond acceptors (Lipinski definition) is 6. The molecule has 0 aliphatic rings. The van der Waals surface area contributed by atoms with Crippen LogP contribution in [0.2, 0.25) is 0 Å². The maximum absolute atomic E-state index is 9.02. The average molecular weight is 282 g/mol. The van der Waals surface area contributed by atoms with E-state index < -0.39 is 0 Å². The molecule has 98 valence electrons. The van der Waals surface area contributed by atoms with Gasteiger partial charge in [0.2, 0.25) is 0 Å². The summed E-state index contributed by atoms with van der Waals surface area (Å²) in [5, 5.41) is 15.5. The molecule has 0 fully saturated rings. The van der Waals surface area contributed by atoms with Crippen LogP contribution < -0.4 is 10.6 Å². The number of nitrogens with zero attached hydrogens (tertiary/aromatic N) is 2. The van der Waals surface area contributed by atoms with Crippen molar-refractivity contribution in [2.75, 3.05) is 47.7 Å². The highest BCUT2D eigenvalue weighted by atomic mass is 32.2. The van der Waals surface area contributed by atoms with E-state index in [9.17, 15) is 0 Å². The van der Waals surface area contributed by atoms with Crippen molar-refractivity contribution >= 4 is 35.2 Å². The smallest absolute Gasteiger partial charge is 0.146 e. The van der Waals surface area contributed by atoms with Gasteiger partial charge in [-0.3, -0.25) is 0 Å². The Labute approximate surface area is 117 Å². The summed E-state index contributed by atoms with van der Waals surface area (Å²) in [6.45, 7) is 1.70. The van der Waals surface area contributed by atoms with Crippen molar-refractivity contribution in [2.45, 2.75) is 0 Å². The van der Waals surface area contributed by atoms with Crippen LogP contribution in [-0.2, 0) is 0 Å². The number of rotatable bonds is 8. The van der Waals surface area contributed by atoms with Crippen LogP contribution in [0, 0.1) is 11.3 Å². The van der Waals surface area contributed by atoms with Crippen LogP contribution in [0.15, 0.2) is 12.1 Å². The van der Waals surface area contributed by atoms with Gasteiger partial charge in [-0.2, -0.15) is 28.8 Å². The van der Waals surface area contributed by atoms with Crippen LogP contribution in [-0.4, -0.2) is 42.1 Å². The van der Waals surface area contributed by atoms with Crippen molar-refractivity contribution in [1.82, 2.24) is 4.98 Å². The number of hydrogen-bond donors (Lipinski definition) is 2. The minimum absolute atomic E-state index is 0.589. The third-order valence-corrected chi connectivity index (χ3v) is 3.45. The number of pyridine rings is 1. The van der Waals surface area contributed by atoms with Crippen LogP contribution in [0.3, 0.4) is 0 Å². The highest BCUT2D eigenvalue weighted by Crippen LogP contribution is 2.15. The highest BCUT2D eigenvalue weighted by Gasteiger charge is 2.04. The first kappa shape index (κ1) is 15.0. The van der Waals surface area contributed by atoms with Crippen molar-refractivity contribution in [1.29, 1.82) is 5.26 Å². The van der Waals surface area contributed by atoms with Crippen LogP contribution >= 0.6 is 23.5 Å². The standard InChI is InChI=1S/C12H18N4S2/c1-17-7-5-14-11-4-3-10(9-13)12(16-11)15-6-8-18-2/h3-4H,5-8H2,1-2H3,(H2,14,15,16). The molecule has 0 saturated heterocycles. The Bertz CT molecular complexity index is 404. The lowest BCUT2D eigenvalue weighted by molar-refractivity contribution is 1.13. The van der Waals surface area contributed by atoms with E-state index in [4.69, 9.17) is 5.26 Å². The van der Waals surface area contributed by atoms with Gasteiger partial charge in [0.1, 0.15) is 17.7 Å². The first-order valence-corrected chi connectivity index (χ1v) is 8.47. The molecule has 1 heterocycles. The summed E-state index contributed by atoms with van der Waals surface area (Å²) in [6.07, 6.45) is 4.13. The molecular formula is C12H18N4S2. The molecule has 0 saturated carbocycles. The van der Waals surface area contributed by atoms with Gasteiger partial charge in [-0.1, -0.05) is 0 Å². The quantitative estimate of drug-likeness (QED) is 0.714. The van der Waals surface area contributed by atoms with Gasteiger partial charge in [0.05, 0.1) is 5.56 Å². The SMILES string of the molecule is CSCCNc1ccc(C#N)c(NCCSC)n1. The Morgan fingerprint density at radius 1 is 1.17 bits per heavy atom. The first-order valence-electron chi connectivity index (χ1n) is 5.68. The zero-order valence-electron chi connectivity index (χ0n) is 10.7. The summed E-state index contributed by atoms with van der Waals surface area (Å²) < 4.78 is 0. The lowest BCUT2D eigenvalue weighted by atomic mass is 10.2. The number of nitrogens with one attached hydrogen (secondary N) is 2. The van der Waals surface area contributed by atoms with Crippen molar-refractivity contribution in [2.24, 2.45) is 0 Å². The molecule has 0 aliphatic carbocycles. The van der Waals surface area contributed by atoms with E-state index in [0.717, 1.165) is 30.4 Å². The molecule has 4 nitrogen and oxygen atoms in total. The van der Waals surface area contributed by atoms with Gasteiger partial charge in [-0.25, -0.2) is 4.98 Å². The Morgan fingerprint density at radius 3 is 2.44 bits per heavy atom. The molecule has 0 aromatic carbocycles. The normalized spacial score (nSPS) is 9.83. The van der Waals surface area contributed by atoms with Crippen LogP contribution in [0.4, 0.5) is 11.6 Å². The van der Waals surface area contributed by atoms with Crippen molar-refractivity contribution < 1.29 is 0 Å². The summed E-state index contributed by atoms with van der Waals surface area (Å²) in [5.74, 6) is 3.52. The van der Waals surface area contributed by atoms with E-state index in [-0.39, 0.29) is 0 Å². The van der Waals surface area contributed by atoms with Gasteiger partial charge in [-0.05, 0) is 24.6 Å². The number of thioether (sulfide) groups is 2. The minimum Gasteiger partial charge on any atom is -0.369 e. The summed E-state index contributed by atoms with van der Waals surface area (Å²) in [6, 6.07) is 5.80. The summed E-state index contributed by atoms with van der Waals surface area (Å²) in [5.41, 5.74) is 0.589. The van der Waals surface area contributed by atoms with Crippen molar-refractivity contribution in [3.63, 3.8) is 0 Å². The number of anilines is 2. The van der Waals surface area contributed by atoms with E-state index in [1.807, 2.05) is 6.07 Å². The molecule has 1 rings (SSSR count). The third-order valence-electron chi connectivity index (χ3n) is 2.23. The summed E-state index contributed by atoms with van der Waals surface area (Å²) in [4.78, 5) is 4.42. The van der Waals surface area contributed by atoms with Crippen LogP contribution in [0.25, 0.3) is 0 Å². The molecule has 18 heavy (non-hydrogen) atoms. The molecule has 0 bridgehead atoms. The molecule has 0 radical (unpaired) electrons. The molecule has 0 atom stereocenters. The first-order chi connectivity index (χ1) is 8.81. The third kappa shape index (κ3) is 5.07. The molecule has 2 N–H and O–H groups in total. The lowest BCUT2D eigenvalue weighted by Gasteiger charge is -2.10. The predicted octanol–water partition coefficient (Wildman–Crippen LogP) is 2.50. The van der Waals surface area contributed by atoms with Crippen LogP contribution in [0.1, 0.15) is 5.56 Å². The Kier molecular flexibility index (Phi) is 7.46. The van der Waals surface area contributed by atoms with E-state index in [2.05, 4.69) is 34.2 Å². The van der Waals surface area contributed by atoms with Gasteiger partial charge in [0.15, 0.2) is 0 Å². The van der Waals surface area contributed by atoms with E-state index >= 15 is 0 Å². The topological polar surface area (TPSA) is 60.7 Å². The summed E-state index contributed by atoms with van der Waals surface area (Å²) in [7, 11) is 0. The second-order valence-electron chi connectivity index (χ2n) is 3.54. The fourth-order valence-corrected chi connectivity index (χ4v) is 1.95. The summed E-state index contributed by atoms with van der Waals surface area (Å²) >= 11 is 3.55. The van der Waals surface area contributed by atoms with Gasteiger partial charge in [0, 0.05) is 24.6 Å². The maximum Gasteiger partial charge on any atom is 0.146 e. The van der Waals surface area contributed by atoms with Crippen molar-refractivity contribution in [3.8, 4) is 6.07 Å². The maximum atomic E-state index is 9.02. The Balaban J connectivity index is 2.66. The fourth-order valence-electron chi connectivity index (χ4n) is 1.34. The molecule has 1 aromatic rings. The molecule has 0 aliphatic heterocycles. The molecule has 6 heteroatoms. The largest absolute Gasteiger partial charge is 0.369 e. The highest BCUT2D eigenvalue weighted by molar-refractivity contribution is 7.98. The zero-order valence-corrected chi connectivity index (χ0v) is 12.3.